The van der Waals surface area contributed by atoms with E-state index in [1.165, 1.54) is 4.90 Å². The van der Waals surface area contributed by atoms with E-state index >= 15 is 0 Å². The normalized spacial score (nSPS) is 26.7. The van der Waals surface area contributed by atoms with Gasteiger partial charge in [0.25, 0.3) is 10.2 Å². The Hall–Kier alpha value is -1.39. The summed E-state index contributed by atoms with van der Waals surface area (Å²) < 4.78 is 27.3. The molecule has 2 aliphatic heterocycles. The predicted molar refractivity (Wildman–Crippen MR) is 66.0 cm³/mol. The lowest BCUT2D eigenvalue weighted by molar-refractivity contribution is -0.0583. The summed E-state index contributed by atoms with van der Waals surface area (Å²) in [4.78, 5) is 13.0. The fourth-order valence-electron chi connectivity index (χ4n) is 2.39. The van der Waals surface area contributed by atoms with Crippen LogP contribution in [0.3, 0.4) is 0 Å². The lowest BCUT2D eigenvalue weighted by atomic mass is 10.0. The zero-order valence-electron chi connectivity index (χ0n) is 10.5. The molecule has 0 spiro atoms. The summed E-state index contributed by atoms with van der Waals surface area (Å²) >= 11 is 0. The van der Waals surface area contributed by atoms with Crippen LogP contribution in [-0.4, -0.2) is 60.6 Å². The molecule has 2 rings (SSSR count). The second kappa shape index (κ2) is 4.94. The van der Waals surface area contributed by atoms with Gasteiger partial charge in [-0.25, -0.2) is 9.86 Å². The number of rotatable bonds is 4. The number of urea groups is 1. The smallest absolute Gasteiger partial charge is 0.311 e. The third kappa shape index (κ3) is 2.65. The first-order valence-electron chi connectivity index (χ1n) is 6.00. The highest BCUT2D eigenvalue weighted by Crippen LogP contribution is 2.28. The molecule has 2 aliphatic rings. The minimum Gasteiger partial charge on any atom is -0.311 e. The molecular formula is C9H17N5O4S. The number of carbonyl (C=O) groups excluding carboxylic acids is 1. The highest BCUT2D eigenvalue weighted by Gasteiger charge is 2.46. The molecule has 0 aromatic rings. The van der Waals surface area contributed by atoms with Gasteiger partial charge in [0.1, 0.15) is 5.84 Å². The first-order valence-corrected chi connectivity index (χ1v) is 7.48. The number of hydrogen-bond donors (Lipinski definition) is 4. The summed E-state index contributed by atoms with van der Waals surface area (Å²) in [6, 6.07) is -1.49. The van der Waals surface area contributed by atoms with Crippen molar-refractivity contribution in [3.63, 3.8) is 0 Å². The van der Waals surface area contributed by atoms with Gasteiger partial charge in [-0.05, 0) is 12.8 Å². The Labute approximate surface area is 111 Å². The van der Waals surface area contributed by atoms with Crippen molar-refractivity contribution in [3.8, 4) is 0 Å². The molecule has 2 fully saturated rings. The first-order chi connectivity index (χ1) is 8.85. The standard InChI is InChI=1S/C9H17N5O4S/c1-2-11-19(17,18)12-8(10)7-4-3-6-5-13(7)9(15)14(6)16/h6-7,11,16H,2-5H2,1H3,(H2,10,12)/t6-,7+/m1/s1. The molecule has 19 heavy (non-hydrogen) atoms. The van der Waals surface area contributed by atoms with Crippen LogP contribution in [0.5, 0.6) is 0 Å². The average molecular weight is 291 g/mol. The Kier molecular flexibility index (Phi) is 3.65. The fourth-order valence-corrected chi connectivity index (χ4v) is 3.27. The van der Waals surface area contributed by atoms with Gasteiger partial charge in [-0.15, -0.1) is 0 Å². The molecule has 2 amide bonds. The number of nitrogens with one attached hydrogen (secondary N) is 3. The van der Waals surface area contributed by atoms with E-state index in [1.54, 1.807) is 6.92 Å². The van der Waals surface area contributed by atoms with Gasteiger partial charge in [-0.1, -0.05) is 6.92 Å². The number of amides is 2. The van der Waals surface area contributed by atoms with Crippen molar-refractivity contribution in [3.05, 3.63) is 0 Å². The molecule has 0 aromatic carbocycles. The van der Waals surface area contributed by atoms with Crippen LogP contribution in [0.15, 0.2) is 0 Å². The Morgan fingerprint density at radius 1 is 1.53 bits per heavy atom. The number of hydroxylamine groups is 2. The van der Waals surface area contributed by atoms with Gasteiger partial charge in [-0.3, -0.25) is 15.3 Å². The first kappa shape index (κ1) is 14.0. The van der Waals surface area contributed by atoms with E-state index in [4.69, 9.17) is 5.41 Å². The highest BCUT2D eigenvalue weighted by molar-refractivity contribution is 7.88. The van der Waals surface area contributed by atoms with E-state index in [9.17, 15) is 18.4 Å². The second-order valence-electron chi connectivity index (χ2n) is 4.54. The Morgan fingerprint density at radius 2 is 2.21 bits per heavy atom. The third-order valence-electron chi connectivity index (χ3n) is 3.26. The number of piperidine rings is 1. The summed E-state index contributed by atoms with van der Waals surface area (Å²) in [7, 11) is -3.77. The largest absolute Gasteiger partial charge is 0.344 e. The molecule has 4 N–H and O–H groups in total. The maximum Gasteiger partial charge on any atom is 0.344 e. The maximum atomic E-state index is 11.7. The average Bonchev–Trinajstić information content (AvgIpc) is 2.54. The quantitative estimate of drug-likeness (QED) is 0.303. The van der Waals surface area contributed by atoms with Crippen LogP contribution in [0.4, 0.5) is 4.79 Å². The molecule has 0 radical (unpaired) electrons. The molecule has 0 aromatic heterocycles. The minimum atomic E-state index is -3.77. The van der Waals surface area contributed by atoms with Crippen LogP contribution in [0.1, 0.15) is 19.8 Å². The zero-order valence-corrected chi connectivity index (χ0v) is 11.3. The van der Waals surface area contributed by atoms with Crippen LogP contribution in [0, 0.1) is 5.41 Å². The van der Waals surface area contributed by atoms with Gasteiger partial charge < -0.3 is 4.90 Å². The SMILES string of the molecule is CCNS(=O)(=O)NC(=N)[C@@H]1CC[C@@H]2CN1C(=O)N2O. The van der Waals surface area contributed by atoms with Crippen molar-refractivity contribution < 1.29 is 18.4 Å². The topological polar surface area (TPSA) is 126 Å². The predicted octanol–water partition coefficient (Wildman–Crippen LogP) is -0.935. The van der Waals surface area contributed by atoms with Crippen molar-refractivity contribution in [2.24, 2.45) is 0 Å². The summed E-state index contributed by atoms with van der Waals surface area (Å²) in [5, 5.41) is 18.0. The zero-order chi connectivity index (χ0) is 14.2. The minimum absolute atomic E-state index is 0.211. The number of amidine groups is 1. The van der Waals surface area contributed by atoms with E-state index in [2.05, 4.69) is 9.44 Å². The molecule has 9 nitrogen and oxygen atoms in total. The molecule has 2 atom stereocenters. The van der Waals surface area contributed by atoms with Gasteiger partial charge in [0.05, 0.1) is 12.1 Å². The maximum absolute atomic E-state index is 11.7. The number of carbonyl (C=O) groups is 1. The van der Waals surface area contributed by atoms with Gasteiger partial charge in [0.15, 0.2) is 0 Å². The number of nitrogens with zero attached hydrogens (tertiary/aromatic N) is 2. The van der Waals surface area contributed by atoms with E-state index in [-0.39, 0.29) is 18.4 Å². The fraction of sp³-hybridized carbons (Fsp3) is 0.778. The molecule has 10 heteroatoms. The molecule has 2 saturated heterocycles. The third-order valence-corrected chi connectivity index (χ3v) is 4.41. The number of hydrogen-bond acceptors (Lipinski definition) is 5. The Balaban J connectivity index is 2.07. The van der Waals surface area contributed by atoms with E-state index < -0.39 is 22.3 Å². The lowest BCUT2D eigenvalue weighted by Gasteiger charge is -2.30. The summed E-state index contributed by atoms with van der Waals surface area (Å²) in [6.07, 6.45) is 0.982. The summed E-state index contributed by atoms with van der Waals surface area (Å²) in [6.45, 7) is 2.15. The summed E-state index contributed by atoms with van der Waals surface area (Å²) in [5.74, 6) is -0.261. The lowest BCUT2D eigenvalue weighted by Crippen LogP contribution is -2.52. The molecule has 2 bridgehead atoms. The van der Waals surface area contributed by atoms with Crippen LogP contribution >= 0.6 is 0 Å². The van der Waals surface area contributed by atoms with Crippen LogP contribution in [-0.2, 0) is 10.2 Å². The van der Waals surface area contributed by atoms with Gasteiger partial charge in [-0.2, -0.15) is 13.1 Å². The van der Waals surface area contributed by atoms with Crippen LogP contribution < -0.4 is 9.44 Å². The highest BCUT2D eigenvalue weighted by atomic mass is 32.2. The van der Waals surface area contributed by atoms with Crippen LogP contribution in [0.25, 0.3) is 0 Å². The van der Waals surface area contributed by atoms with E-state index in [0.717, 1.165) is 0 Å². The van der Waals surface area contributed by atoms with E-state index in [0.29, 0.717) is 24.4 Å². The van der Waals surface area contributed by atoms with Gasteiger partial charge in [0.2, 0.25) is 0 Å². The van der Waals surface area contributed by atoms with E-state index in [1.807, 2.05) is 0 Å². The number of fused-ring (bicyclic) bond motifs is 2. The van der Waals surface area contributed by atoms with Crippen molar-refractivity contribution in [1.29, 1.82) is 5.41 Å². The molecule has 0 unspecified atom stereocenters. The monoisotopic (exact) mass is 291 g/mol. The van der Waals surface area contributed by atoms with Gasteiger partial charge in [0, 0.05) is 13.1 Å². The summed E-state index contributed by atoms with van der Waals surface area (Å²) in [5.41, 5.74) is 0. The van der Waals surface area contributed by atoms with Crippen molar-refractivity contribution in [2.75, 3.05) is 13.1 Å². The van der Waals surface area contributed by atoms with Crippen molar-refractivity contribution >= 4 is 22.1 Å². The van der Waals surface area contributed by atoms with Crippen LogP contribution in [0.2, 0.25) is 0 Å². The van der Waals surface area contributed by atoms with Gasteiger partial charge >= 0.3 is 6.03 Å². The molecule has 108 valence electrons. The Bertz CT molecular complexity index is 493. The second-order valence-corrected chi connectivity index (χ2v) is 6.04. The Morgan fingerprint density at radius 3 is 2.84 bits per heavy atom. The molecular weight excluding hydrogens is 274 g/mol. The van der Waals surface area contributed by atoms with Crippen molar-refractivity contribution in [1.82, 2.24) is 19.4 Å². The molecule has 0 aliphatic carbocycles. The van der Waals surface area contributed by atoms with Crippen molar-refractivity contribution in [2.45, 2.75) is 31.8 Å². The molecule has 2 heterocycles. The molecule has 0 saturated carbocycles.